The first-order valence-electron chi connectivity index (χ1n) is 6.07. The lowest BCUT2D eigenvalue weighted by molar-refractivity contribution is 0.822. The maximum atomic E-state index is 5.74. The van der Waals surface area contributed by atoms with Crippen LogP contribution in [-0.2, 0) is 0 Å². The Balaban J connectivity index is 0.00000324. The van der Waals surface area contributed by atoms with Gasteiger partial charge in [-0.05, 0) is 30.7 Å². The van der Waals surface area contributed by atoms with Gasteiger partial charge in [0.25, 0.3) is 0 Å². The van der Waals surface area contributed by atoms with E-state index < -0.39 is 0 Å². The summed E-state index contributed by atoms with van der Waals surface area (Å²) in [4.78, 5) is 5.58. The zero-order chi connectivity index (χ0) is 13.4. The molecule has 1 aromatic carbocycles. The third kappa shape index (κ3) is 8.75. The molecular formula is C13H21BrIN3S. The van der Waals surface area contributed by atoms with Crippen molar-refractivity contribution in [2.24, 2.45) is 10.7 Å². The largest absolute Gasteiger partial charge is 0.370 e. The van der Waals surface area contributed by atoms with E-state index in [1.807, 2.05) is 0 Å². The van der Waals surface area contributed by atoms with Crippen molar-refractivity contribution in [3.05, 3.63) is 28.7 Å². The number of thioether (sulfide) groups is 1. The normalized spacial score (nSPS) is 12.7. The maximum absolute atomic E-state index is 5.74. The van der Waals surface area contributed by atoms with Crippen LogP contribution in [0.15, 0.2) is 38.6 Å². The topological polar surface area (TPSA) is 50.4 Å². The molecule has 3 N–H and O–H groups in total. The summed E-state index contributed by atoms with van der Waals surface area (Å²) < 4.78 is 1.10. The number of guanidine groups is 1. The van der Waals surface area contributed by atoms with Crippen molar-refractivity contribution in [2.45, 2.75) is 30.4 Å². The van der Waals surface area contributed by atoms with Crippen LogP contribution >= 0.6 is 51.7 Å². The summed E-state index contributed by atoms with van der Waals surface area (Å²) in [5, 5.41) is 3.48. The molecule has 0 saturated carbocycles. The lowest BCUT2D eigenvalue weighted by atomic mass is 10.4. The molecule has 1 atom stereocenters. The first-order chi connectivity index (χ1) is 8.61. The Morgan fingerprint density at radius 1 is 1.42 bits per heavy atom. The smallest absolute Gasteiger partial charge is 0.188 e. The van der Waals surface area contributed by atoms with Gasteiger partial charge in [-0.25, -0.2) is 0 Å². The van der Waals surface area contributed by atoms with Gasteiger partial charge in [0.1, 0.15) is 0 Å². The van der Waals surface area contributed by atoms with Crippen LogP contribution in [0, 0.1) is 0 Å². The van der Waals surface area contributed by atoms with E-state index in [2.05, 4.69) is 64.4 Å². The minimum atomic E-state index is 0. The Kier molecular flexibility index (Phi) is 10.8. The number of halogens is 2. The van der Waals surface area contributed by atoms with Crippen LogP contribution in [0.2, 0.25) is 0 Å². The highest BCUT2D eigenvalue weighted by molar-refractivity contribution is 14.0. The van der Waals surface area contributed by atoms with Gasteiger partial charge in [0, 0.05) is 21.2 Å². The molecule has 0 aliphatic carbocycles. The number of nitrogens with one attached hydrogen (secondary N) is 1. The van der Waals surface area contributed by atoms with Crippen LogP contribution < -0.4 is 11.1 Å². The van der Waals surface area contributed by atoms with E-state index in [9.17, 15) is 0 Å². The molecule has 0 amide bonds. The van der Waals surface area contributed by atoms with Gasteiger partial charge in [0.2, 0.25) is 0 Å². The molecule has 0 bridgehead atoms. The SMILES string of the molecule is CCCNC(N)=NCC(C)Sc1ccc(Br)cc1.I. The summed E-state index contributed by atoms with van der Waals surface area (Å²) in [5.74, 6) is 0.542. The molecule has 0 saturated heterocycles. The number of aliphatic imine (C=N–C) groups is 1. The van der Waals surface area contributed by atoms with Gasteiger partial charge >= 0.3 is 0 Å². The first-order valence-corrected chi connectivity index (χ1v) is 7.75. The lowest BCUT2D eigenvalue weighted by Crippen LogP contribution is -2.32. The van der Waals surface area contributed by atoms with Gasteiger partial charge in [-0.1, -0.05) is 29.8 Å². The molecule has 1 aromatic rings. The van der Waals surface area contributed by atoms with E-state index >= 15 is 0 Å². The van der Waals surface area contributed by atoms with Gasteiger partial charge < -0.3 is 11.1 Å². The molecule has 108 valence electrons. The highest BCUT2D eigenvalue weighted by Crippen LogP contribution is 2.24. The van der Waals surface area contributed by atoms with Crippen molar-refractivity contribution in [3.8, 4) is 0 Å². The zero-order valence-electron chi connectivity index (χ0n) is 11.2. The molecule has 6 heteroatoms. The van der Waals surface area contributed by atoms with E-state index in [0.29, 0.717) is 11.2 Å². The fourth-order valence-corrected chi connectivity index (χ4v) is 2.49. The standard InChI is InChI=1S/C13H20BrN3S.HI/c1-3-8-16-13(15)17-9-10(2)18-12-6-4-11(14)5-7-12;/h4-7,10H,3,8-9H2,1-2H3,(H3,15,16,17);1H. The average molecular weight is 458 g/mol. The molecule has 0 spiro atoms. The van der Waals surface area contributed by atoms with E-state index in [0.717, 1.165) is 24.0 Å². The van der Waals surface area contributed by atoms with E-state index in [1.54, 1.807) is 11.8 Å². The van der Waals surface area contributed by atoms with Gasteiger partial charge in [-0.15, -0.1) is 35.7 Å². The third-order valence-corrected chi connectivity index (χ3v) is 3.85. The quantitative estimate of drug-likeness (QED) is 0.295. The molecule has 1 unspecified atom stereocenters. The monoisotopic (exact) mass is 457 g/mol. The Morgan fingerprint density at radius 2 is 2.05 bits per heavy atom. The number of hydrogen-bond donors (Lipinski definition) is 2. The van der Waals surface area contributed by atoms with Gasteiger partial charge in [-0.3, -0.25) is 4.99 Å². The Labute approximate surface area is 145 Å². The fourth-order valence-electron chi connectivity index (χ4n) is 1.32. The van der Waals surface area contributed by atoms with Crippen LogP contribution in [0.4, 0.5) is 0 Å². The summed E-state index contributed by atoms with van der Waals surface area (Å²) in [6.07, 6.45) is 1.05. The number of benzene rings is 1. The second-order valence-electron chi connectivity index (χ2n) is 4.04. The number of rotatable bonds is 6. The summed E-state index contributed by atoms with van der Waals surface area (Å²) in [7, 11) is 0. The second-order valence-corrected chi connectivity index (χ2v) is 6.46. The minimum absolute atomic E-state index is 0. The zero-order valence-corrected chi connectivity index (χ0v) is 16.0. The summed E-state index contributed by atoms with van der Waals surface area (Å²) >= 11 is 5.24. The third-order valence-electron chi connectivity index (χ3n) is 2.23. The minimum Gasteiger partial charge on any atom is -0.370 e. The van der Waals surface area contributed by atoms with Crippen LogP contribution in [0.1, 0.15) is 20.3 Å². The summed E-state index contributed by atoms with van der Waals surface area (Å²) in [6.45, 7) is 5.86. The first kappa shape index (κ1) is 19.1. The molecule has 3 nitrogen and oxygen atoms in total. The Morgan fingerprint density at radius 3 is 2.63 bits per heavy atom. The molecular weight excluding hydrogens is 437 g/mol. The van der Waals surface area contributed by atoms with Crippen LogP contribution in [0.25, 0.3) is 0 Å². The maximum Gasteiger partial charge on any atom is 0.188 e. The fraction of sp³-hybridized carbons (Fsp3) is 0.462. The van der Waals surface area contributed by atoms with Gasteiger partial charge in [0.15, 0.2) is 5.96 Å². The molecule has 0 fully saturated rings. The van der Waals surface area contributed by atoms with Crippen molar-refractivity contribution in [1.29, 1.82) is 0 Å². The Bertz CT molecular complexity index is 384. The van der Waals surface area contributed by atoms with E-state index in [1.165, 1.54) is 4.90 Å². The van der Waals surface area contributed by atoms with E-state index in [-0.39, 0.29) is 24.0 Å². The van der Waals surface area contributed by atoms with Crippen LogP contribution in [0.3, 0.4) is 0 Å². The highest BCUT2D eigenvalue weighted by atomic mass is 127. The number of nitrogens with two attached hydrogens (primary N) is 1. The predicted octanol–water partition coefficient (Wildman–Crippen LogP) is 3.86. The molecule has 0 radical (unpaired) electrons. The van der Waals surface area contributed by atoms with Crippen molar-refractivity contribution >= 4 is 57.6 Å². The van der Waals surface area contributed by atoms with E-state index in [4.69, 9.17) is 5.73 Å². The molecule has 0 aliphatic rings. The van der Waals surface area contributed by atoms with Gasteiger partial charge in [0.05, 0.1) is 6.54 Å². The molecule has 0 aromatic heterocycles. The van der Waals surface area contributed by atoms with Crippen molar-refractivity contribution < 1.29 is 0 Å². The molecule has 19 heavy (non-hydrogen) atoms. The van der Waals surface area contributed by atoms with Crippen LogP contribution in [-0.4, -0.2) is 24.3 Å². The van der Waals surface area contributed by atoms with Crippen LogP contribution in [0.5, 0.6) is 0 Å². The molecule has 1 rings (SSSR count). The Hall–Kier alpha value is 0.0500. The highest BCUT2D eigenvalue weighted by Gasteiger charge is 2.04. The summed E-state index contributed by atoms with van der Waals surface area (Å²) in [6, 6.07) is 8.31. The summed E-state index contributed by atoms with van der Waals surface area (Å²) in [5.41, 5.74) is 5.74. The predicted molar refractivity (Wildman–Crippen MR) is 99.7 cm³/mol. The average Bonchev–Trinajstić information content (AvgIpc) is 2.36. The second kappa shape index (κ2) is 10.8. The molecule has 0 heterocycles. The lowest BCUT2D eigenvalue weighted by Gasteiger charge is -2.09. The van der Waals surface area contributed by atoms with Gasteiger partial charge in [-0.2, -0.15) is 0 Å². The molecule has 0 aliphatic heterocycles. The van der Waals surface area contributed by atoms with Crippen molar-refractivity contribution in [3.63, 3.8) is 0 Å². The number of hydrogen-bond acceptors (Lipinski definition) is 2. The number of nitrogens with zero attached hydrogens (tertiary/aromatic N) is 1. The van der Waals surface area contributed by atoms with Crippen molar-refractivity contribution in [1.82, 2.24) is 5.32 Å². The van der Waals surface area contributed by atoms with Crippen molar-refractivity contribution in [2.75, 3.05) is 13.1 Å².